The molecule has 0 saturated carbocycles. The summed E-state index contributed by atoms with van der Waals surface area (Å²) in [7, 11) is -3.65. The number of sulfonamides is 1. The zero-order valence-corrected chi connectivity index (χ0v) is 16.9. The van der Waals surface area contributed by atoms with Gasteiger partial charge in [-0.15, -0.1) is 0 Å². The highest BCUT2D eigenvalue weighted by Crippen LogP contribution is 2.27. The van der Waals surface area contributed by atoms with E-state index in [9.17, 15) is 13.2 Å². The van der Waals surface area contributed by atoms with E-state index in [0.29, 0.717) is 42.9 Å². The molecular formula is C17H25BrN2O4S. The lowest BCUT2D eigenvalue weighted by molar-refractivity contribution is 0.0730. The van der Waals surface area contributed by atoms with Crippen molar-refractivity contribution in [2.45, 2.75) is 37.5 Å². The molecule has 1 heterocycles. The molecule has 0 unspecified atom stereocenters. The van der Waals surface area contributed by atoms with Crippen molar-refractivity contribution in [3.8, 4) is 0 Å². The molecule has 1 saturated heterocycles. The van der Waals surface area contributed by atoms with Crippen LogP contribution in [0.1, 0.15) is 43.0 Å². The minimum Gasteiger partial charge on any atom is -0.379 e. The summed E-state index contributed by atoms with van der Waals surface area (Å²) in [6.45, 7) is 4.14. The first-order chi connectivity index (χ1) is 12.0. The van der Waals surface area contributed by atoms with Crippen LogP contribution in [0.2, 0.25) is 0 Å². The Labute approximate surface area is 158 Å². The SMILES string of the molecule is CCCCCCNC(=O)c1ccc(Br)c(S(=O)(=O)N2CCOCC2)c1. The minimum absolute atomic E-state index is 0.119. The summed E-state index contributed by atoms with van der Waals surface area (Å²) in [6.07, 6.45) is 4.29. The molecule has 1 aliphatic rings. The van der Waals surface area contributed by atoms with E-state index in [-0.39, 0.29) is 10.8 Å². The van der Waals surface area contributed by atoms with Gasteiger partial charge in [0.2, 0.25) is 10.0 Å². The smallest absolute Gasteiger partial charge is 0.251 e. The van der Waals surface area contributed by atoms with E-state index in [1.807, 2.05) is 0 Å². The maximum absolute atomic E-state index is 12.8. The quantitative estimate of drug-likeness (QED) is 0.640. The van der Waals surface area contributed by atoms with Crippen LogP contribution in [0.15, 0.2) is 27.6 Å². The maximum atomic E-state index is 12.8. The highest BCUT2D eigenvalue weighted by Gasteiger charge is 2.28. The number of rotatable bonds is 8. The van der Waals surface area contributed by atoms with E-state index in [2.05, 4.69) is 28.2 Å². The molecule has 0 bridgehead atoms. The molecule has 0 aliphatic carbocycles. The van der Waals surface area contributed by atoms with E-state index in [0.717, 1.165) is 25.7 Å². The topological polar surface area (TPSA) is 75.7 Å². The van der Waals surface area contributed by atoms with Gasteiger partial charge in [-0.2, -0.15) is 4.31 Å². The second kappa shape index (κ2) is 9.66. The van der Waals surface area contributed by atoms with Crippen LogP contribution >= 0.6 is 15.9 Å². The van der Waals surface area contributed by atoms with Gasteiger partial charge in [-0.05, 0) is 40.5 Å². The van der Waals surface area contributed by atoms with Gasteiger partial charge in [-0.25, -0.2) is 8.42 Å². The fourth-order valence-electron chi connectivity index (χ4n) is 2.62. The van der Waals surface area contributed by atoms with Gasteiger partial charge in [0.05, 0.1) is 18.1 Å². The Balaban J connectivity index is 2.10. The van der Waals surface area contributed by atoms with E-state index in [4.69, 9.17) is 4.74 Å². The Bertz CT molecular complexity index is 688. The predicted octanol–water partition coefficient (Wildman–Crippen LogP) is 2.78. The van der Waals surface area contributed by atoms with Crippen LogP contribution in [0.25, 0.3) is 0 Å². The Morgan fingerprint density at radius 3 is 2.64 bits per heavy atom. The molecule has 6 nitrogen and oxygen atoms in total. The van der Waals surface area contributed by atoms with Gasteiger partial charge >= 0.3 is 0 Å². The number of halogens is 1. The van der Waals surface area contributed by atoms with Crippen LogP contribution in [0.5, 0.6) is 0 Å². The molecule has 0 radical (unpaired) electrons. The third kappa shape index (κ3) is 5.51. The zero-order chi connectivity index (χ0) is 18.3. The number of unbranched alkanes of at least 4 members (excludes halogenated alkanes) is 3. The fourth-order valence-corrected chi connectivity index (χ4v) is 4.98. The molecule has 1 aromatic rings. The van der Waals surface area contributed by atoms with Crippen molar-refractivity contribution >= 4 is 31.9 Å². The lowest BCUT2D eigenvalue weighted by Crippen LogP contribution is -2.40. The van der Waals surface area contributed by atoms with Crippen molar-refractivity contribution < 1.29 is 17.9 Å². The van der Waals surface area contributed by atoms with Crippen molar-refractivity contribution in [3.63, 3.8) is 0 Å². The van der Waals surface area contributed by atoms with Crippen molar-refractivity contribution in [2.75, 3.05) is 32.8 Å². The van der Waals surface area contributed by atoms with Crippen LogP contribution in [-0.4, -0.2) is 51.5 Å². The van der Waals surface area contributed by atoms with E-state index in [1.54, 1.807) is 12.1 Å². The van der Waals surface area contributed by atoms with Crippen LogP contribution in [0.3, 0.4) is 0 Å². The summed E-state index contributed by atoms with van der Waals surface area (Å²) in [5.74, 6) is -0.248. The van der Waals surface area contributed by atoms with Crippen LogP contribution in [0, 0.1) is 0 Å². The molecule has 2 rings (SSSR count). The van der Waals surface area contributed by atoms with E-state index >= 15 is 0 Å². The fraction of sp³-hybridized carbons (Fsp3) is 0.588. The van der Waals surface area contributed by atoms with Gasteiger partial charge in [0.1, 0.15) is 0 Å². The van der Waals surface area contributed by atoms with Gasteiger partial charge in [0.25, 0.3) is 5.91 Å². The third-order valence-electron chi connectivity index (χ3n) is 4.10. The molecule has 1 amide bonds. The molecule has 1 aliphatic heterocycles. The first-order valence-electron chi connectivity index (χ1n) is 8.62. The number of hydrogen-bond acceptors (Lipinski definition) is 4. The average molecular weight is 433 g/mol. The number of benzene rings is 1. The lowest BCUT2D eigenvalue weighted by atomic mass is 10.2. The summed E-state index contributed by atoms with van der Waals surface area (Å²) in [5, 5.41) is 2.85. The zero-order valence-electron chi connectivity index (χ0n) is 14.5. The standard InChI is InChI=1S/C17H25BrN2O4S/c1-2-3-4-5-8-19-17(21)14-6-7-15(18)16(13-14)25(22,23)20-9-11-24-12-10-20/h6-7,13H,2-5,8-12H2,1H3,(H,19,21). The van der Waals surface area contributed by atoms with Crippen molar-refractivity contribution in [1.29, 1.82) is 0 Å². The number of nitrogens with zero attached hydrogens (tertiary/aromatic N) is 1. The summed E-state index contributed by atoms with van der Waals surface area (Å²) >= 11 is 3.29. The number of ether oxygens (including phenoxy) is 1. The van der Waals surface area contributed by atoms with Gasteiger partial charge in [-0.1, -0.05) is 26.2 Å². The molecule has 0 aromatic heterocycles. The molecule has 1 aromatic carbocycles. The largest absolute Gasteiger partial charge is 0.379 e. The number of hydrogen-bond donors (Lipinski definition) is 1. The minimum atomic E-state index is -3.65. The highest BCUT2D eigenvalue weighted by atomic mass is 79.9. The normalized spacial score (nSPS) is 15.9. The second-order valence-electron chi connectivity index (χ2n) is 5.98. The predicted molar refractivity (Wildman–Crippen MR) is 100 cm³/mol. The summed E-state index contributed by atoms with van der Waals surface area (Å²) in [6, 6.07) is 4.68. The molecule has 0 atom stereocenters. The summed E-state index contributed by atoms with van der Waals surface area (Å²) < 4.78 is 32.7. The maximum Gasteiger partial charge on any atom is 0.251 e. The molecule has 25 heavy (non-hydrogen) atoms. The Hall–Kier alpha value is -0.960. The van der Waals surface area contributed by atoms with Crippen LogP contribution in [0.4, 0.5) is 0 Å². The molecule has 1 N–H and O–H groups in total. The molecule has 140 valence electrons. The number of morpholine rings is 1. The Morgan fingerprint density at radius 2 is 1.96 bits per heavy atom. The third-order valence-corrected chi connectivity index (χ3v) is 6.99. The first kappa shape index (κ1) is 20.4. The number of nitrogens with one attached hydrogen (secondary N) is 1. The second-order valence-corrected chi connectivity index (χ2v) is 8.74. The van der Waals surface area contributed by atoms with Gasteiger partial charge in [0, 0.05) is 29.7 Å². The molecule has 1 fully saturated rings. The first-order valence-corrected chi connectivity index (χ1v) is 10.9. The average Bonchev–Trinajstić information content (AvgIpc) is 2.62. The van der Waals surface area contributed by atoms with Crippen LogP contribution in [-0.2, 0) is 14.8 Å². The number of carbonyl (C=O) groups is 1. The van der Waals surface area contributed by atoms with Crippen molar-refractivity contribution in [3.05, 3.63) is 28.2 Å². The lowest BCUT2D eigenvalue weighted by Gasteiger charge is -2.26. The monoisotopic (exact) mass is 432 g/mol. The van der Waals surface area contributed by atoms with Gasteiger partial charge in [0.15, 0.2) is 0 Å². The number of amides is 1. The van der Waals surface area contributed by atoms with Gasteiger partial charge in [-0.3, -0.25) is 4.79 Å². The van der Waals surface area contributed by atoms with Crippen molar-refractivity contribution in [1.82, 2.24) is 9.62 Å². The number of carbonyl (C=O) groups excluding carboxylic acids is 1. The highest BCUT2D eigenvalue weighted by molar-refractivity contribution is 9.10. The Kier molecular flexibility index (Phi) is 7.86. The van der Waals surface area contributed by atoms with Gasteiger partial charge < -0.3 is 10.1 Å². The van der Waals surface area contributed by atoms with E-state index < -0.39 is 10.0 Å². The van der Waals surface area contributed by atoms with Crippen LogP contribution < -0.4 is 5.32 Å². The van der Waals surface area contributed by atoms with Crippen molar-refractivity contribution in [2.24, 2.45) is 0 Å². The Morgan fingerprint density at radius 1 is 1.24 bits per heavy atom. The summed E-state index contributed by atoms with van der Waals surface area (Å²) in [4.78, 5) is 12.4. The molecular weight excluding hydrogens is 408 g/mol. The molecule has 0 spiro atoms. The molecule has 8 heteroatoms. The summed E-state index contributed by atoms with van der Waals surface area (Å²) in [5.41, 5.74) is 0.352. The van der Waals surface area contributed by atoms with E-state index in [1.165, 1.54) is 10.4 Å².